The maximum atomic E-state index is 12.7. The fourth-order valence-corrected chi connectivity index (χ4v) is 4.10. The molecule has 0 saturated carbocycles. The number of carbonyl (C=O) groups excluding carboxylic acids is 2. The normalized spacial score (nSPS) is 11.6. The molecule has 5 rings (SSSR count). The van der Waals surface area contributed by atoms with Crippen molar-refractivity contribution in [2.24, 2.45) is 0 Å². The van der Waals surface area contributed by atoms with E-state index in [-0.39, 0.29) is 24.4 Å². The number of para-hydroxylation sites is 1. The lowest BCUT2D eigenvalue weighted by Gasteiger charge is -2.17. The van der Waals surface area contributed by atoms with E-state index in [9.17, 15) is 19.5 Å². The molecule has 40 heavy (non-hydrogen) atoms. The number of fused-ring (bicyclic) bond motifs is 1. The summed E-state index contributed by atoms with van der Waals surface area (Å²) in [7, 11) is 0. The lowest BCUT2D eigenvalue weighted by atomic mass is 10.0. The molecule has 0 aliphatic rings. The number of carboxylic acids is 1. The van der Waals surface area contributed by atoms with E-state index < -0.39 is 17.9 Å². The summed E-state index contributed by atoms with van der Waals surface area (Å²) >= 11 is 0. The molecule has 0 fully saturated rings. The number of anilines is 3. The molecule has 202 valence electrons. The average Bonchev–Trinajstić information content (AvgIpc) is 3.54. The Kier molecular flexibility index (Phi) is 7.54. The number of aromatic nitrogens is 2. The first-order chi connectivity index (χ1) is 19.3. The van der Waals surface area contributed by atoms with Gasteiger partial charge in [-0.1, -0.05) is 41.6 Å². The molecular weight excluding hydrogens is 514 g/mol. The molecule has 0 aliphatic heterocycles. The van der Waals surface area contributed by atoms with Gasteiger partial charge in [0.1, 0.15) is 11.3 Å². The predicted octanol–water partition coefficient (Wildman–Crippen LogP) is 4.99. The Morgan fingerprint density at radius 3 is 2.42 bits per heavy atom. The molecule has 2 heterocycles. The monoisotopic (exact) mass is 539 g/mol. The zero-order valence-corrected chi connectivity index (χ0v) is 21.4. The number of benzene rings is 3. The first-order valence-electron chi connectivity index (χ1n) is 12.4. The van der Waals surface area contributed by atoms with Gasteiger partial charge in [-0.05, 0) is 54.4 Å². The van der Waals surface area contributed by atoms with Crippen LogP contribution in [-0.2, 0) is 16.0 Å². The SMILES string of the molecule is Cc1cc(C(=O)N[C@@H](CC(=O)O)c2ccc(NC(=O)Cc3ccc4nc(Nc5ccccc5)oc4c3)cc2)no1. The topological polar surface area (TPSA) is 160 Å². The van der Waals surface area contributed by atoms with Crippen molar-refractivity contribution in [1.29, 1.82) is 0 Å². The second-order valence-electron chi connectivity index (χ2n) is 9.11. The van der Waals surface area contributed by atoms with Gasteiger partial charge in [-0.3, -0.25) is 14.4 Å². The van der Waals surface area contributed by atoms with E-state index in [1.807, 2.05) is 36.4 Å². The Labute approximate surface area is 228 Å². The summed E-state index contributed by atoms with van der Waals surface area (Å²) in [6.45, 7) is 1.65. The minimum Gasteiger partial charge on any atom is -0.481 e. The third-order valence-corrected chi connectivity index (χ3v) is 5.98. The largest absolute Gasteiger partial charge is 0.481 e. The van der Waals surface area contributed by atoms with E-state index in [4.69, 9.17) is 8.94 Å². The Bertz CT molecular complexity index is 1660. The molecule has 11 heteroatoms. The molecule has 2 aromatic heterocycles. The van der Waals surface area contributed by atoms with Crippen LogP contribution in [0.1, 0.15) is 39.8 Å². The molecule has 0 bridgehead atoms. The van der Waals surface area contributed by atoms with Crippen LogP contribution in [0.4, 0.5) is 17.4 Å². The van der Waals surface area contributed by atoms with Crippen LogP contribution < -0.4 is 16.0 Å². The van der Waals surface area contributed by atoms with Crippen LogP contribution >= 0.6 is 0 Å². The van der Waals surface area contributed by atoms with Gasteiger partial charge in [0, 0.05) is 17.4 Å². The highest BCUT2D eigenvalue weighted by atomic mass is 16.5. The summed E-state index contributed by atoms with van der Waals surface area (Å²) in [6.07, 6.45) is -0.227. The Balaban J connectivity index is 1.21. The minimum absolute atomic E-state index is 0.0592. The number of hydrogen-bond donors (Lipinski definition) is 4. The van der Waals surface area contributed by atoms with Crippen LogP contribution in [-0.4, -0.2) is 33.0 Å². The van der Waals surface area contributed by atoms with Gasteiger partial charge in [-0.25, -0.2) is 0 Å². The highest BCUT2D eigenvalue weighted by Gasteiger charge is 2.21. The van der Waals surface area contributed by atoms with E-state index in [0.29, 0.717) is 34.1 Å². The van der Waals surface area contributed by atoms with Gasteiger partial charge in [-0.15, -0.1) is 0 Å². The number of rotatable bonds is 10. The lowest BCUT2D eigenvalue weighted by Crippen LogP contribution is -2.30. The highest BCUT2D eigenvalue weighted by molar-refractivity contribution is 5.93. The fourth-order valence-electron chi connectivity index (χ4n) is 4.10. The number of aryl methyl sites for hydroxylation is 1. The van der Waals surface area contributed by atoms with E-state index in [2.05, 4.69) is 26.1 Å². The average molecular weight is 540 g/mol. The molecule has 3 aromatic carbocycles. The molecule has 4 N–H and O–H groups in total. The van der Waals surface area contributed by atoms with Crippen LogP contribution in [0.15, 0.2) is 87.8 Å². The number of aliphatic carboxylic acids is 1. The Hall–Kier alpha value is -5.45. The smallest absolute Gasteiger partial charge is 0.305 e. The molecule has 11 nitrogen and oxygen atoms in total. The standard InChI is InChI=1S/C29H25N5O6/c1-17-13-24(34-40-17)28(38)32-23(16-27(36)37)19-8-10-21(11-9-19)30-26(35)15-18-7-12-22-25(14-18)39-29(33-22)31-20-5-3-2-4-6-20/h2-14,23H,15-16H2,1H3,(H,30,35)(H,31,33)(H,32,38)(H,36,37)/t23-/m0/s1. The van der Waals surface area contributed by atoms with Crippen molar-refractivity contribution in [3.8, 4) is 0 Å². The zero-order chi connectivity index (χ0) is 28.1. The molecule has 0 radical (unpaired) electrons. The summed E-state index contributed by atoms with van der Waals surface area (Å²) in [6, 6.07) is 22.5. The van der Waals surface area contributed by atoms with Crippen molar-refractivity contribution in [3.63, 3.8) is 0 Å². The maximum Gasteiger partial charge on any atom is 0.305 e. The van der Waals surface area contributed by atoms with E-state index in [1.54, 1.807) is 43.3 Å². The molecular formula is C29H25N5O6. The van der Waals surface area contributed by atoms with Crippen LogP contribution in [0.5, 0.6) is 0 Å². The molecule has 0 unspecified atom stereocenters. The zero-order valence-electron chi connectivity index (χ0n) is 21.4. The van der Waals surface area contributed by atoms with Gasteiger partial charge < -0.3 is 30.0 Å². The van der Waals surface area contributed by atoms with Crippen molar-refractivity contribution >= 4 is 46.3 Å². The van der Waals surface area contributed by atoms with Crippen LogP contribution in [0.2, 0.25) is 0 Å². The highest BCUT2D eigenvalue weighted by Crippen LogP contribution is 2.24. The summed E-state index contributed by atoms with van der Waals surface area (Å²) in [5.41, 5.74) is 3.96. The maximum absolute atomic E-state index is 12.7. The third kappa shape index (κ3) is 6.51. The van der Waals surface area contributed by atoms with Crippen molar-refractivity contribution in [2.75, 3.05) is 10.6 Å². The number of amides is 2. The Morgan fingerprint density at radius 2 is 1.73 bits per heavy atom. The quantitative estimate of drug-likeness (QED) is 0.192. The van der Waals surface area contributed by atoms with E-state index in [1.165, 1.54) is 6.07 Å². The van der Waals surface area contributed by atoms with Crippen LogP contribution in [0.25, 0.3) is 11.1 Å². The Morgan fingerprint density at radius 1 is 0.950 bits per heavy atom. The summed E-state index contributed by atoms with van der Waals surface area (Å²) in [5, 5.41) is 21.6. The van der Waals surface area contributed by atoms with Crippen molar-refractivity contribution in [3.05, 3.63) is 101 Å². The van der Waals surface area contributed by atoms with Gasteiger partial charge in [0.05, 0.1) is 18.9 Å². The van der Waals surface area contributed by atoms with Gasteiger partial charge in [0.2, 0.25) is 5.91 Å². The molecule has 5 aromatic rings. The van der Waals surface area contributed by atoms with Crippen LogP contribution in [0, 0.1) is 6.92 Å². The van der Waals surface area contributed by atoms with Crippen molar-refractivity contribution < 1.29 is 28.4 Å². The second-order valence-corrected chi connectivity index (χ2v) is 9.11. The van der Waals surface area contributed by atoms with Gasteiger partial charge in [-0.2, -0.15) is 4.98 Å². The van der Waals surface area contributed by atoms with Gasteiger partial charge >= 0.3 is 5.97 Å². The number of oxazole rings is 1. The van der Waals surface area contributed by atoms with Crippen molar-refractivity contribution in [2.45, 2.75) is 25.8 Å². The number of carboxylic acid groups (broad SMARTS) is 1. The number of hydrogen-bond acceptors (Lipinski definition) is 8. The number of nitrogens with zero attached hydrogens (tertiary/aromatic N) is 2. The van der Waals surface area contributed by atoms with Crippen LogP contribution in [0.3, 0.4) is 0 Å². The fraction of sp³-hybridized carbons (Fsp3) is 0.138. The first-order valence-corrected chi connectivity index (χ1v) is 12.4. The molecule has 0 aliphatic carbocycles. The summed E-state index contributed by atoms with van der Waals surface area (Å²) in [5.74, 6) is -1.41. The van der Waals surface area contributed by atoms with E-state index in [0.717, 1.165) is 11.3 Å². The summed E-state index contributed by atoms with van der Waals surface area (Å²) < 4.78 is 10.7. The molecule has 0 saturated heterocycles. The number of nitrogens with one attached hydrogen (secondary N) is 3. The minimum atomic E-state index is -1.08. The lowest BCUT2D eigenvalue weighted by molar-refractivity contribution is -0.137. The summed E-state index contributed by atoms with van der Waals surface area (Å²) in [4.78, 5) is 41.0. The molecule has 2 amide bonds. The predicted molar refractivity (Wildman–Crippen MR) is 146 cm³/mol. The molecule has 1 atom stereocenters. The third-order valence-electron chi connectivity index (χ3n) is 5.98. The van der Waals surface area contributed by atoms with Crippen molar-refractivity contribution in [1.82, 2.24) is 15.5 Å². The van der Waals surface area contributed by atoms with Gasteiger partial charge in [0.25, 0.3) is 11.9 Å². The molecule has 0 spiro atoms. The van der Waals surface area contributed by atoms with E-state index >= 15 is 0 Å². The number of carbonyl (C=O) groups is 3. The first kappa shape index (κ1) is 26.2. The van der Waals surface area contributed by atoms with Gasteiger partial charge in [0.15, 0.2) is 11.3 Å². The second kappa shape index (κ2) is 11.5.